The van der Waals surface area contributed by atoms with Gasteiger partial charge in [-0.25, -0.2) is 4.39 Å². The van der Waals surface area contributed by atoms with Gasteiger partial charge in [-0.1, -0.05) is 11.6 Å². The molecule has 0 atom stereocenters. The molecule has 0 radical (unpaired) electrons. The van der Waals surface area contributed by atoms with Gasteiger partial charge in [0.15, 0.2) is 4.77 Å². The number of aromatic nitrogens is 2. The van der Waals surface area contributed by atoms with Gasteiger partial charge in [-0.15, -0.1) is 0 Å². The van der Waals surface area contributed by atoms with Gasteiger partial charge in [0, 0.05) is 10.7 Å². The lowest BCUT2D eigenvalue weighted by Gasteiger charge is -2.06. The highest BCUT2D eigenvalue weighted by molar-refractivity contribution is 7.71. The third-order valence-corrected chi connectivity index (χ3v) is 3.39. The molecule has 2 aromatic carbocycles. The van der Waals surface area contributed by atoms with Crippen LogP contribution in [-0.4, -0.2) is 15.9 Å². The molecule has 0 aliphatic carbocycles. The number of hydrogen-bond donors (Lipinski definition) is 3. The minimum absolute atomic E-state index is 0.173. The van der Waals surface area contributed by atoms with Crippen molar-refractivity contribution in [3.8, 4) is 0 Å². The van der Waals surface area contributed by atoms with E-state index in [1.165, 1.54) is 6.07 Å². The minimum Gasteiger partial charge on any atom is -0.331 e. The van der Waals surface area contributed by atoms with E-state index in [1.807, 2.05) is 0 Å². The number of fused-ring (bicyclic) bond motifs is 1. The Kier molecular flexibility index (Phi) is 3.48. The summed E-state index contributed by atoms with van der Waals surface area (Å²) in [6.07, 6.45) is 0. The Morgan fingerprint density at radius 3 is 2.62 bits per heavy atom. The number of halogens is 2. The molecule has 0 spiro atoms. The van der Waals surface area contributed by atoms with Crippen LogP contribution >= 0.6 is 23.8 Å². The van der Waals surface area contributed by atoms with Crippen molar-refractivity contribution < 1.29 is 9.18 Å². The van der Waals surface area contributed by atoms with Crippen LogP contribution in [0, 0.1) is 10.6 Å². The molecule has 106 valence electrons. The summed E-state index contributed by atoms with van der Waals surface area (Å²) in [5, 5.41) is 3.25. The van der Waals surface area contributed by atoms with Gasteiger partial charge >= 0.3 is 0 Å². The van der Waals surface area contributed by atoms with Crippen molar-refractivity contribution >= 4 is 46.4 Å². The molecule has 0 aliphatic rings. The third-order valence-electron chi connectivity index (χ3n) is 2.94. The molecule has 0 aliphatic heterocycles. The Morgan fingerprint density at radius 2 is 1.90 bits per heavy atom. The first-order chi connectivity index (χ1) is 10.0. The van der Waals surface area contributed by atoms with E-state index in [4.69, 9.17) is 23.8 Å². The molecule has 1 amide bonds. The number of nitrogens with one attached hydrogen (secondary N) is 3. The highest BCUT2D eigenvalue weighted by atomic mass is 35.5. The van der Waals surface area contributed by atoms with Crippen molar-refractivity contribution in [2.45, 2.75) is 0 Å². The van der Waals surface area contributed by atoms with Crippen LogP contribution in [0.3, 0.4) is 0 Å². The number of anilines is 1. The van der Waals surface area contributed by atoms with E-state index < -0.39 is 11.7 Å². The number of hydrogen-bond acceptors (Lipinski definition) is 2. The van der Waals surface area contributed by atoms with E-state index in [-0.39, 0.29) is 5.56 Å². The summed E-state index contributed by atoms with van der Waals surface area (Å²) in [4.78, 5) is 17.9. The highest BCUT2D eigenvalue weighted by Gasteiger charge is 2.14. The molecule has 7 heteroatoms. The molecule has 0 unspecified atom stereocenters. The fourth-order valence-corrected chi connectivity index (χ4v) is 2.36. The topological polar surface area (TPSA) is 60.7 Å². The second kappa shape index (κ2) is 5.31. The Labute approximate surface area is 129 Å². The first-order valence-electron chi connectivity index (χ1n) is 6.01. The first-order valence-corrected chi connectivity index (χ1v) is 6.80. The molecule has 0 bridgehead atoms. The number of benzene rings is 2. The van der Waals surface area contributed by atoms with E-state index in [0.717, 1.165) is 6.07 Å². The lowest BCUT2D eigenvalue weighted by molar-refractivity contribution is 0.102. The molecule has 3 aromatic rings. The minimum atomic E-state index is -0.519. The van der Waals surface area contributed by atoms with Gasteiger partial charge in [-0.2, -0.15) is 0 Å². The van der Waals surface area contributed by atoms with E-state index in [0.29, 0.717) is 26.5 Å². The Balaban J connectivity index is 2.01. The predicted octanol–water partition coefficient (Wildman–Crippen LogP) is 4.27. The fourth-order valence-electron chi connectivity index (χ4n) is 2.02. The zero-order chi connectivity index (χ0) is 15.0. The molecule has 1 aromatic heterocycles. The second-order valence-corrected chi connectivity index (χ2v) is 5.26. The quantitative estimate of drug-likeness (QED) is 0.617. The molecule has 21 heavy (non-hydrogen) atoms. The lowest BCUT2D eigenvalue weighted by atomic mass is 10.1. The van der Waals surface area contributed by atoms with Gasteiger partial charge in [0.1, 0.15) is 5.82 Å². The number of aromatic amines is 2. The SMILES string of the molecule is O=C(Nc1ccc(Cl)cc1)c1cc(F)cc2[nH]c(=S)[nH]c12. The van der Waals surface area contributed by atoms with Crippen LogP contribution in [0.1, 0.15) is 10.4 Å². The van der Waals surface area contributed by atoms with Crippen molar-refractivity contribution in [3.63, 3.8) is 0 Å². The largest absolute Gasteiger partial charge is 0.331 e. The van der Waals surface area contributed by atoms with Gasteiger partial charge in [0.25, 0.3) is 5.91 Å². The van der Waals surface area contributed by atoms with Gasteiger partial charge in [-0.05, 0) is 48.6 Å². The Morgan fingerprint density at radius 1 is 1.19 bits per heavy atom. The van der Waals surface area contributed by atoms with E-state index >= 15 is 0 Å². The molecule has 0 fully saturated rings. The number of H-pyrrole nitrogens is 2. The molecule has 0 saturated carbocycles. The molecule has 3 N–H and O–H groups in total. The average Bonchev–Trinajstić information content (AvgIpc) is 2.80. The summed E-state index contributed by atoms with van der Waals surface area (Å²) < 4.78 is 13.9. The standard InChI is InChI=1S/C14H9ClFN3OS/c15-7-1-3-9(4-2-7)17-13(20)10-5-8(16)6-11-12(10)19-14(21)18-11/h1-6H,(H,17,20)(H2,18,19,21). The summed E-state index contributed by atoms with van der Waals surface area (Å²) in [7, 11) is 0. The van der Waals surface area contributed by atoms with Gasteiger partial charge < -0.3 is 15.3 Å². The zero-order valence-electron chi connectivity index (χ0n) is 10.5. The summed E-state index contributed by atoms with van der Waals surface area (Å²) in [5.41, 5.74) is 1.65. The maximum Gasteiger partial charge on any atom is 0.257 e. The van der Waals surface area contributed by atoms with Crippen molar-refractivity contribution in [1.82, 2.24) is 9.97 Å². The molecular formula is C14H9ClFN3OS. The monoisotopic (exact) mass is 321 g/mol. The third kappa shape index (κ3) is 2.81. The maximum atomic E-state index is 13.6. The summed E-state index contributed by atoms with van der Waals surface area (Å²) >= 11 is 10.8. The van der Waals surface area contributed by atoms with E-state index in [9.17, 15) is 9.18 Å². The zero-order valence-corrected chi connectivity index (χ0v) is 12.1. The van der Waals surface area contributed by atoms with Crippen molar-refractivity contribution in [2.24, 2.45) is 0 Å². The second-order valence-electron chi connectivity index (χ2n) is 4.42. The van der Waals surface area contributed by atoms with Crippen LogP contribution in [-0.2, 0) is 0 Å². The van der Waals surface area contributed by atoms with E-state index in [2.05, 4.69) is 15.3 Å². The van der Waals surface area contributed by atoms with E-state index in [1.54, 1.807) is 24.3 Å². The molecule has 1 heterocycles. The summed E-state index contributed by atoms with van der Waals surface area (Å²) in [6, 6.07) is 9.07. The van der Waals surface area contributed by atoms with Gasteiger partial charge in [0.2, 0.25) is 0 Å². The number of carbonyl (C=O) groups is 1. The molecular weight excluding hydrogens is 313 g/mol. The van der Waals surface area contributed by atoms with Crippen molar-refractivity contribution in [1.29, 1.82) is 0 Å². The van der Waals surface area contributed by atoms with Crippen LogP contribution in [0.4, 0.5) is 10.1 Å². The number of amides is 1. The predicted molar refractivity (Wildman–Crippen MR) is 82.8 cm³/mol. The van der Waals surface area contributed by atoms with Gasteiger partial charge in [0.05, 0.1) is 16.6 Å². The first kappa shape index (κ1) is 13.8. The van der Waals surface area contributed by atoms with Crippen LogP contribution in [0.25, 0.3) is 11.0 Å². The Hall–Kier alpha value is -2.18. The summed E-state index contributed by atoms with van der Waals surface area (Å²) in [5.74, 6) is -0.957. The van der Waals surface area contributed by atoms with Crippen LogP contribution < -0.4 is 5.32 Å². The Bertz CT molecular complexity index is 885. The maximum absolute atomic E-state index is 13.6. The molecule has 0 saturated heterocycles. The van der Waals surface area contributed by atoms with Crippen molar-refractivity contribution in [3.05, 3.63) is 57.6 Å². The summed E-state index contributed by atoms with van der Waals surface area (Å²) in [6.45, 7) is 0. The molecule has 3 rings (SSSR count). The van der Waals surface area contributed by atoms with Crippen LogP contribution in [0.5, 0.6) is 0 Å². The van der Waals surface area contributed by atoms with Crippen LogP contribution in [0.15, 0.2) is 36.4 Å². The fraction of sp³-hybridized carbons (Fsp3) is 0. The highest BCUT2D eigenvalue weighted by Crippen LogP contribution is 2.20. The number of imidazole rings is 1. The lowest BCUT2D eigenvalue weighted by Crippen LogP contribution is -2.12. The van der Waals surface area contributed by atoms with Crippen molar-refractivity contribution in [2.75, 3.05) is 5.32 Å². The average molecular weight is 322 g/mol. The van der Waals surface area contributed by atoms with Gasteiger partial charge in [-0.3, -0.25) is 4.79 Å². The molecule has 4 nitrogen and oxygen atoms in total. The number of rotatable bonds is 2. The van der Waals surface area contributed by atoms with Crippen LogP contribution in [0.2, 0.25) is 5.02 Å². The number of carbonyl (C=O) groups excluding carboxylic acids is 1. The smallest absolute Gasteiger partial charge is 0.257 e. The normalized spacial score (nSPS) is 10.8.